The monoisotopic (exact) mass is 190 g/mol. The summed E-state index contributed by atoms with van der Waals surface area (Å²) in [6, 6.07) is 9.97. The molecule has 2 heteroatoms. The van der Waals surface area contributed by atoms with Gasteiger partial charge in [-0.1, -0.05) is 37.3 Å². The van der Waals surface area contributed by atoms with Crippen LogP contribution in [0.2, 0.25) is 0 Å². The van der Waals surface area contributed by atoms with E-state index in [1.807, 2.05) is 30.3 Å². The maximum absolute atomic E-state index is 11.2. The van der Waals surface area contributed by atoms with Crippen molar-refractivity contribution in [3.05, 3.63) is 35.9 Å². The number of hydrogen-bond donors (Lipinski definition) is 0. The van der Waals surface area contributed by atoms with E-state index in [4.69, 9.17) is 4.74 Å². The first-order valence-electron chi connectivity index (χ1n) is 5.05. The molecule has 2 atom stereocenters. The standard InChI is InChI=1S/C12H14O2/c1-2-9-8-11(13)14-12(9)10-6-4-3-5-7-10/h3-7,9,12H,2,8H2,1H3/t9-,12-/m1/s1. The van der Waals surface area contributed by atoms with Gasteiger partial charge in [0.2, 0.25) is 0 Å². The lowest BCUT2D eigenvalue weighted by Crippen LogP contribution is -2.05. The van der Waals surface area contributed by atoms with Crippen molar-refractivity contribution in [1.82, 2.24) is 0 Å². The molecule has 0 bridgehead atoms. The number of esters is 1. The Morgan fingerprint density at radius 1 is 1.36 bits per heavy atom. The number of carbonyl (C=O) groups excluding carboxylic acids is 1. The summed E-state index contributed by atoms with van der Waals surface area (Å²) in [6.45, 7) is 2.10. The average Bonchev–Trinajstić information content (AvgIpc) is 2.61. The van der Waals surface area contributed by atoms with Gasteiger partial charge in [-0.3, -0.25) is 4.79 Å². The smallest absolute Gasteiger partial charge is 0.306 e. The highest BCUT2D eigenvalue weighted by Gasteiger charge is 2.34. The molecule has 0 aromatic heterocycles. The molecular weight excluding hydrogens is 176 g/mol. The summed E-state index contributed by atoms with van der Waals surface area (Å²) < 4.78 is 5.31. The van der Waals surface area contributed by atoms with Crippen LogP contribution in [0.1, 0.15) is 31.4 Å². The molecule has 0 spiro atoms. The fourth-order valence-electron chi connectivity index (χ4n) is 1.95. The van der Waals surface area contributed by atoms with Crippen molar-refractivity contribution < 1.29 is 9.53 Å². The van der Waals surface area contributed by atoms with E-state index in [1.165, 1.54) is 0 Å². The minimum atomic E-state index is -0.0642. The zero-order chi connectivity index (χ0) is 9.97. The topological polar surface area (TPSA) is 26.3 Å². The number of rotatable bonds is 2. The van der Waals surface area contributed by atoms with Crippen molar-refractivity contribution in [3.8, 4) is 0 Å². The predicted molar refractivity (Wildman–Crippen MR) is 53.7 cm³/mol. The summed E-state index contributed by atoms with van der Waals surface area (Å²) in [7, 11) is 0. The van der Waals surface area contributed by atoms with Gasteiger partial charge in [0.15, 0.2) is 0 Å². The third-order valence-electron chi connectivity index (χ3n) is 2.77. The number of ether oxygens (including phenoxy) is 1. The minimum absolute atomic E-state index is 0.0197. The van der Waals surface area contributed by atoms with E-state index in [2.05, 4.69) is 6.92 Å². The summed E-state index contributed by atoms with van der Waals surface area (Å²) in [5, 5.41) is 0. The number of cyclic esters (lactones) is 1. The van der Waals surface area contributed by atoms with Crippen molar-refractivity contribution >= 4 is 5.97 Å². The third-order valence-corrected chi connectivity index (χ3v) is 2.77. The van der Waals surface area contributed by atoms with Gasteiger partial charge in [0.25, 0.3) is 0 Å². The zero-order valence-corrected chi connectivity index (χ0v) is 8.27. The van der Waals surface area contributed by atoms with Crippen molar-refractivity contribution in [2.75, 3.05) is 0 Å². The van der Waals surface area contributed by atoms with Gasteiger partial charge in [-0.25, -0.2) is 0 Å². The summed E-state index contributed by atoms with van der Waals surface area (Å²) in [4.78, 5) is 11.2. The molecule has 0 amide bonds. The zero-order valence-electron chi connectivity index (χ0n) is 8.27. The van der Waals surface area contributed by atoms with Crippen LogP contribution in [0.4, 0.5) is 0 Å². The molecule has 1 aromatic rings. The molecule has 1 fully saturated rings. The van der Waals surface area contributed by atoms with Crippen LogP contribution in [0.5, 0.6) is 0 Å². The highest BCUT2D eigenvalue weighted by atomic mass is 16.5. The van der Waals surface area contributed by atoms with Gasteiger partial charge in [0.1, 0.15) is 6.10 Å². The lowest BCUT2D eigenvalue weighted by Gasteiger charge is -2.15. The van der Waals surface area contributed by atoms with Crippen molar-refractivity contribution in [3.63, 3.8) is 0 Å². The summed E-state index contributed by atoms with van der Waals surface area (Å²) in [6.07, 6.45) is 1.54. The SMILES string of the molecule is CC[C@@H]1CC(=O)O[C@H]1c1ccccc1. The molecule has 74 valence electrons. The van der Waals surface area contributed by atoms with Gasteiger partial charge in [0.05, 0.1) is 6.42 Å². The van der Waals surface area contributed by atoms with E-state index in [9.17, 15) is 4.79 Å². The Morgan fingerprint density at radius 3 is 2.71 bits per heavy atom. The van der Waals surface area contributed by atoms with Gasteiger partial charge in [-0.2, -0.15) is 0 Å². The van der Waals surface area contributed by atoms with E-state index >= 15 is 0 Å². The summed E-state index contributed by atoms with van der Waals surface area (Å²) in [5.74, 6) is 0.288. The van der Waals surface area contributed by atoms with Crippen molar-refractivity contribution in [1.29, 1.82) is 0 Å². The Hall–Kier alpha value is -1.31. The Morgan fingerprint density at radius 2 is 2.07 bits per heavy atom. The average molecular weight is 190 g/mol. The normalized spacial score (nSPS) is 26.2. The van der Waals surface area contributed by atoms with Crippen LogP contribution in [0, 0.1) is 5.92 Å². The fourth-order valence-corrected chi connectivity index (χ4v) is 1.95. The molecule has 0 unspecified atom stereocenters. The molecule has 1 aliphatic rings. The van der Waals surface area contributed by atoms with Gasteiger partial charge in [-0.05, 0) is 12.0 Å². The van der Waals surface area contributed by atoms with Crippen LogP contribution in [0.3, 0.4) is 0 Å². The molecule has 0 saturated carbocycles. The van der Waals surface area contributed by atoms with Crippen LogP contribution < -0.4 is 0 Å². The van der Waals surface area contributed by atoms with Crippen LogP contribution in [-0.4, -0.2) is 5.97 Å². The second-order valence-corrected chi connectivity index (χ2v) is 3.69. The Labute approximate surface area is 83.9 Å². The molecule has 1 saturated heterocycles. The maximum Gasteiger partial charge on any atom is 0.306 e. The molecule has 1 aliphatic heterocycles. The van der Waals surface area contributed by atoms with Crippen LogP contribution in [0.25, 0.3) is 0 Å². The molecule has 1 heterocycles. The second kappa shape index (κ2) is 3.82. The number of carbonyl (C=O) groups is 1. The molecule has 1 aromatic carbocycles. The predicted octanol–water partition coefficient (Wildman–Crippen LogP) is 2.70. The fraction of sp³-hybridized carbons (Fsp3) is 0.417. The molecule has 0 aliphatic carbocycles. The van der Waals surface area contributed by atoms with E-state index in [0.29, 0.717) is 12.3 Å². The van der Waals surface area contributed by atoms with Gasteiger partial charge >= 0.3 is 5.97 Å². The van der Waals surface area contributed by atoms with E-state index in [0.717, 1.165) is 12.0 Å². The summed E-state index contributed by atoms with van der Waals surface area (Å²) in [5.41, 5.74) is 1.12. The Balaban J connectivity index is 2.22. The first-order valence-corrected chi connectivity index (χ1v) is 5.05. The van der Waals surface area contributed by atoms with Crippen molar-refractivity contribution in [2.24, 2.45) is 5.92 Å². The highest BCUT2D eigenvalue weighted by Crippen LogP contribution is 2.36. The van der Waals surface area contributed by atoms with Gasteiger partial charge < -0.3 is 4.74 Å². The Kier molecular flexibility index (Phi) is 2.53. The Bertz CT molecular complexity index is 318. The second-order valence-electron chi connectivity index (χ2n) is 3.69. The quantitative estimate of drug-likeness (QED) is 0.670. The first kappa shape index (κ1) is 9.25. The lowest BCUT2D eigenvalue weighted by atomic mass is 9.93. The van der Waals surface area contributed by atoms with E-state index in [1.54, 1.807) is 0 Å². The van der Waals surface area contributed by atoms with Crippen molar-refractivity contribution in [2.45, 2.75) is 25.9 Å². The highest BCUT2D eigenvalue weighted by molar-refractivity contribution is 5.72. The maximum atomic E-state index is 11.2. The molecule has 2 nitrogen and oxygen atoms in total. The number of hydrogen-bond acceptors (Lipinski definition) is 2. The molecule has 2 rings (SSSR count). The van der Waals surface area contributed by atoms with Crippen LogP contribution in [0.15, 0.2) is 30.3 Å². The van der Waals surface area contributed by atoms with E-state index < -0.39 is 0 Å². The van der Waals surface area contributed by atoms with E-state index in [-0.39, 0.29) is 12.1 Å². The van der Waals surface area contributed by atoms with Crippen LogP contribution in [-0.2, 0) is 9.53 Å². The first-order chi connectivity index (χ1) is 6.81. The molecule has 0 N–H and O–H groups in total. The van der Waals surface area contributed by atoms with Gasteiger partial charge in [-0.15, -0.1) is 0 Å². The summed E-state index contributed by atoms with van der Waals surface area (Å²) >= 11 is 0. The molecule has 0 radical (unpaired) electrons. The minimum Gasteiger partial charge on any atom is -0.457 e. The number of benzene rings is 1. The lowest BCUT2D eigenvalue weighted by molar-refractivity contribution is -0.141. The largest absolute Gasteiger partial charge is 0.457 e. The van der Waals surface area contributed by atoms with Gasteiger partial charge in [0, 0.05) is 5.92 Å². The molecule has 14 heavy (non-hydrogen) atoms. The van der Waals surface area contributed by atoms with Crippen LogP contribution >= 0.6 is 0 Å². The third kappa shape index (κ3) is 1.65. The molecular formula is C12H14O2.